The van der Waals surface area contributed by atoms with Gasteiger partial charge in [0, 0.05) is 28.7 Å². The number of anilines is 2. The zero-order valence-corrected chi connectivity index (χ0v) is 23.0. The lowest BCUT2D eigenvalue weighted by atomic mass is 9.61. The molecule has 0 bridgehead atoms. The first-order valence-corrected chi connectivity index (χ1v) is 13.0. The van der Waals surface area contributed by atoms with E-state index in [4.69, 9.17) is 11.6 Å². The Hall–Kier alpha value is -3.48. The summed E-state index contributed by atoms with van der Waals surface area (Å²) < 4.78 is 0. The van der Waals surface area contributed by atoms with Crippen molar-refractivity contribution >= 4 is 40.6 Å². The molecule has 198 valence electrons. The van der Waals surface area contributed by atoms with E-state index < -0.39 is 41.0 Å². The van der Waals surface area contributed by atoms with Crippen LogP contribution in [0.5, 0.6) is 0 Å². The van der Waals surface area contributed by atoms with Gasteiger partial charge in [0.1, 0.15) is 11.7 Å². The second kappa shape index (κ2) is 10.7. The van der Waals surface area contributed by atoms with Crippen LogP contribution in [-0.2, 0) is 14.4 Å². The second-order valence-corrected chi connectivity index (χ2v) is 11.1. The average molecular weight is 533 g/mol. The standard InChI is InChI=1S/C31H33ClN2O4/c1-17-6-12-23(19(3)14-17)33-29(36)27-25(35)16-31(5,38)28(26(27)21-8-10-22(32)11-9-21)30(37)34-24-13-7-18(2)15-20(24)4/h6-15,26-28,38H,16H2,1-5H3,(H,33,36)(H,34,37). The molecule has 3 aromatic carbocycles. The summed E-state index contributed by atoms with van der Waals surface area (Å²) in [6.07, 6.45) is -0.326. The van der Waals surface area contributed by atoms with Crippen molar-refractivity contribution in [1.29, 1.82) is 0 Å². The van der Waals surface area contributed by atoms with Crippen LogP contribution in [-0.4, -0.2) is 28.3 Å². The van der Waals surface area contributed by atoms with Crippen molar-refractivity contribution in [2.75, 3.05) is 10.6 Å². The highest BCUT2D eigenvalue weighted by atomic mass is 35.5. The van der Waals surface area contributed by atoms with Gasteiger partial charge in [0.05, 0.1) is 11.5 Å². The summed E-state index contributed by atoms with van der Waals surface area (Å²) in [7, 11) is 0. The molecule has 1 aliphatic rings. The molecule has 6 nitrogen and oxygen atoms in total. The maximum Gasteiger partial charge on any atom is 0.235 e. The second-order valence-electron chi connectivity index (χ2n) is 10.6. The zero-order chi connectivity index (χ0) is 27.8. The third-order valence-corrected chi connectivity index (χ3v) is 7.62. The Kier molecular flexibility index (Phi) is 7.77. The summed E-state index contributed by atoms with van der Waals surface area (Å²) in [5.74, 6) is -4.59. The van der Waals surface area contributed by atoms with E-state index in [2.05, 4.69) is 10.6 Å². The molecule has 0 saturated heterocycles. The van der Waals surface area contributed by atoms with Gasteiger partial charge >= 0.3 is 0 Å². The van der Waals surface area contributed by atoms with Crippen molar-refractivity contribution in [3.8, 4) is 0 Å². The molecule has 4 atom stereocenters. The van der Waals surface area contributed by atoms with E-state index in [1.165, 1.54) is 6.92 Å². The van der Waals surface area contributed by atoms with Crippen LogP contribution in [0, 0.1) is 39.5 Å². The number of rotatable bonds is 5. The number of benzene rings is 3. The van der Waals surface area contributed by atoms with Gasteiger partial charge in [-0.1, -0.05) is 59.1 Å². The van der Waals surface area contributed by atoms with Crippen LogP contribution in [0.15, 0.2) is 60.7 Å². The van der Waals surface area contributed by atoms with E-state index in [9.17, 15) is 19.5 Å². The summed E-state index contributed by atoms with van der Waals surface area (Å²) in [6, 6.07) is 18.0. The number of amides is 2. The largest absolute Gasteiger partial charge is 0.389 e. The molecule has 0 spiro atoms. The van der Waals surface area contributed by atoms with E-state index in [1.807, 2.05) is 58.0 Å². The highest BCUT2D eigenvalue weighted by molar-refractivity contribution is 6.30. The van der Waals surface area contributed by atoms with Crippen molar-refractivity contribution in [2.45, 2.75) is 52.6 Å². The van der Waals surface area contributed by atoms with Gasteiger partial charge in [-0.25, -0.2) is 0 Å². The molecule has 1 saturated carbocycles. The first-order valence-electron chi connectivity index (χ1n) is 12.6. The first kappa shape index (κ1) is 27.6. The Labute approximate surface area is 228 Å². The number of Topliss-reactive ketones (excluding diaryl/α,β-unsaturated/α-hetero) is 1. The van der Waals surface area contributed by atoms with Crippen molar-refractivity contribution in [2.24, 2.45) is 11.8 Å². The predicted molar refractivity (Wildman–Crippen MR) is 151 cm³/mol. The molecule has 2 amide bonds. The van der Waals surface area contributed by atoms with Gasteiger partial charge in [-0.3, -0.25) is 14.4 Å². The fourth-order valence-electron chi connectivity index (χ4n) is 5.51. The van der Waals surface area contributed by atoms with Crippen LogP contribution in [0.25, 0.3) is 0 Å². The number of hydrogen-bond donors (Lipinski definition) is 3. The molecule has 3 aromatic rings. The molecule has 0 radical (unpaired) electrons. The molecule has 4 unspecified atom stereocenters. The molecule has 3 N–H and O–H groups in total. The van der Waals surface area contributed by atoms with Gasteiger partial charge in [0.15, 0.2) is 0 Å². The molecular formula is C31H33ClN2O4. The topological polar surface area (TPSA) is 95.5 Å². The van der Waals surface area contributed by atoms with Gasteiger partial charge in [0.2, 0.25) is 11.8 Å². The Morgan fingerprint density at radius 3 is 1.84 bits per heavy atom. The third kappa shape index (κ3) is 5.66. The molecule has 4 rings (SSSR count). The minimum absolute atomic E-state index is 0.326. The fourth-order valence-corrected chi connectivity index (χ4v) is 5.63. The SMILES string of the molecule is Cc1ccc(NC(=O)C2C(=O)CC(C)(O)C(C(=O)Nc3ccc(C)cc3C)C2c2ccc(Cl)cc2)c(C)c1. The number of carbonyl (C=O) groups is 3. The number of nitrogens with one attached hydrogen (secondary N) is 2. The highest BCUT2D eigenvalue weighted by Gasteiger charge is 2.56. The maximum atomic E-state index is 13.9. The molecule has 0 aliphatic heterocycles. The lowest BCUT2D eigenvalue weighted by Gasteiger charge is -2.44. The maximum absolute atomic E-state index is 13.9. The number of carbonyl (C=O) groups excluding carboxylic acids is 3. The van der Waals surface area contributed by atoms with Gasteiger partial charge in [-0.15, -0.1) is 0 Å². The molecule has 0 aromatic heterocycles. The fraction of sp³-hybridized carbons (Fsp3) is 0.323. The summed E-state index contributed by atoms with van der Waals surface area (Å²) in [6.45, 7) is 9.18. The van der Waals surface area contributed by atoms with E-state index in [1.54, 1.807) is 30.3 Å². The van der Waals surface area contributed by atoms with Crippen LogP contribution >= 0.6 is 11.6 Å². The molecule has 38 heavy (non-hydrogen) atoms. The Bertz CT molecular complexity index is 1400. The number of aliphatic hydroxyl groups is 1. The zero-order valence-electron chi connectivity index (χ0n) is 22.3. The van der Waals surface area contributed by atoms with Crippen molar-refractivity contribution in [1.82, 2.24) is 0 Å². The number of aryl methyl sites for hydroxylation is 4. The van der Waals surface area contributed by atoms with Gasteiger partial charge in [-0.2, -0.15) is 0 Å². The quantitative estimate of drug-likeness (QED) is 0.357. The molecule has 1 fully saturated rings. The number of ketones is 1. The van der Waals surface area contributed by atoms with E-state index in [-0.39, 0.29) is 6.42 Å². The molecule has 1 aliphatic carbocycles. The third-order valence-electron chi connectivity index (χ3n) is 7.37. The first-order chi connectivity index (χ1) is 17.9. The van der Waals surface area contributed by atoms with Gasteiger partial charge < -0.3 is 15.7 Å². The Balaban J connectivity index is 1.77. The van der Waals surface area contributed by atoms with Gasteiger partial charge in [0.25, 0.3) is 0 Å². The lowest BCUT2D eigenvalue weighted by Crippen LogP contribution is -2.56. The van der Waals surface area contributed by atoms with Crippen LogP contribution in [0.1, 0.15) is 47.1 Å². The van der Waals surface area contributed by atoms with Crippen molar-refractivity contribution in [3.63, 3.8) is 0 Å². The monoisotopic (exact) mass is 532 g/mol. The van der Waals surface area contributed by atoms with Crippen LogP contribution in [0.3, 0.4) is 0 Å². The van der Waals surface area contributed by atoms with Crippen molar-refractivity contribution in [3.05, 3.63) is 93.5 Å². The van der Waals surface area contributed by atoms with E-state index in [0.29, 0.717) is 22.0 Å². The Morgan fingerprint density at radius 2 is 1.34 bits per heavy atom. The minimum Gasteiger partial charge on any atom is -0.389 e. The van der Waals surface area contributed by atoms with Crippen LogP contribution in [0.4, 0.5) is 11.4 Å². The lowest BCUT2D eigenvalue weighted by molar-refractivity contribution is -0.150. The van der Waals surface area contributed by atoms with Crippen LogP contribution < -0.4 is 10.6 Å². The smallest absolute Gasteiger partial charge is 0.235 e. The summed E-state index contributed by atoms with van der Waals surface area (Å²) in [4.78, 5) is 41.0. The van der Waals surface area contributed by atoms with Gasteiger partial charge in [-0.05, 0) is 75.6 Å². The van der Waals surface area contributed by atoms with Crippen molar-refractivity contribution < 1.29 is 19.5 Å². The summed E-state index contributed by atoms with van der Waals surface area (Å²) >= 11 is 6.13. The molecule has 7 heteroatoms. The molecule has 0 heterocycles. The number of halogens is 1. The minimum atomic E-state index is -1.68. The van der Waals surface area contributed by atoms with E-state index >= 15 is 0 Å². The highest BCUT2D eigenvalue weighted by Crippen LogP contribution is 2.47. The Morgan fingerprint density at radius 1 is 0.842 bits per heavy atom. The van der Waals surface area contributed by atoms with E-state index in [0.717, 1.165) is 22.3 Å². The number of hydrogen-bond acceptors (Lipinski definition) is 4. The molecular weight excluding hydrogens is 500 g/mol. The summed E-state index contributed by atoms with van der Waals surface area (Å²) in [5.41, 5.74) is 3.93. The average Bonchev–Trinajstić information content (AvgIpc) is 2.82. The summed E-state index contributed by atoms with van der Waals surface area (Å²) in [5, 5.41) is 17.8. The van der Waals surface area contributed by atoms with Crippen LogP contribution in [0.2, 0.25) is 5.02 Å². The normalized spacial score (nSPS) is 23.1. The predicted octanol–water partition coefficient (Wildman–Crippen LogP) is 5.89.